The monoisotopic (exact) mass is 755 g/mol. The molecule has 0 radical (unpaired) electrons. The Hall–Kier alpha value is -1.73. The van der Waals surface area contributed by atoms with Crippen LogP contribution in [-0.2, 0) is 28.2 Å². The van der Waals surface area contributed by atoms with Gasteiger partial charge in [-0.1, -0.05) is 185 Å². The first-order valence-corrected chi connectivity index (χ1v) is 22.8. The molecule has 52 heavy (non-hydrogen) atoms. The highest BCUT2D eigenvalue weighted by Gasteiger charge is 2.22. The van der Waals surface area contributed by atoms with E-state index in [9.17, 15) is 14.2 Å². The number of carbonyl (C=O) groups excluding carboxylic acids is 2. The molecule has 0 fully saturated rings. The van der Waals surface area contributed by atoms with Crippen molar-refractivity contribution < 1.29 is 37.9 Å². The van der Waals surface area contributed by atoms with Crippen LogP contribution in [0.3, 0.4) is 0 Å². The van der Waals surface area contributed by atoms with Gasteiger partial charge in [0.15, 0.2) is 6.10 Å². The van der Waals surface area contributed by atoms with Crippen molar-refractivity contribution in [3.05, 3.63) is 36.5 Å². The summed E-state index contributed by atoms with van der Waals surface area (Å²) in [6.45, 7) is 3.65. The molecule has 0 aromatic carbocycles. The predicted octanol–water partition coefficient (Wildman–Crippen LogP) is 13.0. The molecule has 8 nitrogen and oxygen atoms in total. The summed E-state index contributed by atoms with van der Waals surface area (Å²) >= 11 is 0. The smallest absolute Gasteiger partial charge is 0.462 e. The number of ether oxygens (including phenoxy) is 2. The maximum atomic E-state index is 12.4. The Morgan fingerprint density at radius 2 is 0.885 bits per heavy atom. The van der Waals surface area contributed by atoms with E-state index in [-0.39, 0.29) is 19.4 Å². The highest BCUT2D eigenvalue weighted by Crippen LogP contribution is 2.36. The maximum Gasteiger partial charge on any atom is 0.469 e. The third-order valence-corrected chi connectivity index (χ3v) is 9.65. The van der Waals surface area contributed by atoms with Crippen LogP contribution in [0, 0.1) is 0 Å². The lowest BCUT2D eigenvalue weighted by molar-refractivity contribution is -0.161. The molecule has 0 unspecified atom stereocenters. The van der Waals surface area contributed by atoms with Crippen molar-refractivity contribution in [2.75, 3.05) is 13.2 Å². The second-order valence-corrected chi connectivity index (χ2v) is 15.6. The van der Waals surface area contributed by atoms with E-state index in [1.807, 2.05) is 6.08 Å². The summed E-state index contributed by atoms with van der Waals surface area (Å²) in [6.07, 6.45) is 45.9. The zero-order valence-electron chi connectivity index (χ0n) is 33.5. The van der Waals surface area contributed by atoms with E-state index in [1.54, 1.807) is 0 Å². The second kappa shape index (κ2) is 39.0. The van der Waals surface area contributed by atoms with Gasteiger partial charge in [0, 0.05) is 12.8 Å². The van der Waals surface area contributed by atoms with Gasteiger partial charge in [0.05, 0.1) is 6.61 Å². The fourth-order valence-corrected chi connectivity index (χ4v) is 6.34. The molecule has 0 saturated heterocycles. The fourth-order valence-electron chi connectivity index (χ4n) is 5.98. The molecular weight excluding hydrogens is 675 g/mol. The van der Waals surface area contributed by atoms with Crippen LogP contribution in [0.25, 0.3) is 0 Å². The molecule has 2 N–H and O–H groups in total. The van der Waals surface area contributed by atoms with Crippen molar-refractivity contribution in [2.45, 2.75) is 213 Å². The average Bonchev–Trinajstić information content (AvgIpc) is 3.11. The molecule has 0 aliphatic rings. The molecule has 0 aliphatic carbocycles. The molecule has 0 aliphatic heterocycles. The molecule has 0 amide bonds. The average molecular weight is 755 g/mol. The number of phosphoric acid groups is 1. The second-order valence-electron chi connectivity index (χ2n) is 14.3. The van der Waals surface area contributed by atoms with Crippen LogP contribution in [0.5, 0.6) is 0 Å². The Balaban J connectivity index is 3.97. The third-order valence-electron chi connectivity index (χ3n) is 9.16. The number of unbranched alkanes of at least 4 members (excludes halogenated alkanes) is 23. The SMILES string of the molecule is CCCCCCCC/C=C\C/C=C\C/C=C\CCCC(=O)O[C@H](COC(=O)CCCCCCCCCCCCCCCCCCC)COP(=O)(O)O. The summed E-state index contributed by atoms with van der Waals surface area (Å²) in [5, 5.41) is 0. The van der Waals surface area contributed by atoms with Gasteiger partial charge in [-0.15, -0.1) is 0 Å². The summed E-state index contributed by atoms with van der Waals surface area (Å²) in [6, 6.07) is 0. The van der Waals surface area contributed by atoms with E-state index >= 15 is 0 Å². The van der Waals surface area contributed by atoms with Gasteiger partial charge >= 0.3 is 19.8 Å². The van der Waals surface area contributed by atoms with Gasteiger partial charge in [-0.05, 0) is 44.9 Å². The lowest BCUT2D eigenvalue weighted by Gasteiger charge is -2.18. The van der Waals surface area contributed by atoms with Gasteiger partial charge in [-0.2, -0.15) is 0 Å². The van der Waals surface area contributed by atoms with Crippen molar-refractivity contribution in [1.29, 1.82) is 0 Å². The minimum atomic E-state index is -4.76. The van der Waals surface area contributed by atoms with Gasteiger partial charge in [0.2, 0.25) is 0 Å². The van der Waals surface area contributed by atoms with Crippen molar-refractivity contribution >= 4 is 19.8 Å². The zero-order chi connectivity index (χ0) is 38.2. The van der Waals surface area contributed by atoms with Gasteiger partial charge in [-0.25, -0.2) is 4.57 Å². The predicted molar refractivity (Wildman–Crippen MR) is 216 cm³/mol. The molecule has 0 heterocycles. The van der Waals surface area contributed by atoms with Crippen LogP contribution < -0.4 is 0 Å². The van der Waals surface area contributed by atoms with E-state index in [2.05, 4.69) is 48.8 Å². The summed E-state index contributed by atoms with van der Waals surface area (Å²) in [5.41, 5.74) is 0. The Bertz CT molecular complexity index is 941. The van der Waals surface area contributed by atoms with Crippen molar-refractivity contribution in [3.63, 3.8) is 0 Å². The molecule has 0 aromatic rings. The van der Waals surface area contributed by atoms with Crippen LogP contribution >= 0.6 is 7.82 Å². The Morgan fingerprint density at radius 3 is 1.35 bits per heavy atom. The van der Waals surface area contributed by atoms with Gasteiger partial charge in [-0.3, -0.25) is 14.1 Å². The highest BCUT2D eigenvalue weighted by molar-refractivity contribution is 7.46. The van der Waals surface area contributed by atoms with Crippen LogP contribution in [-0.4, -0.2) is 41.0 Å². The highest BCUT2D eigenvalue weighted by atomic mass is 31.2. The van der Waals surface area contributed by atoms with Gasteiger partial charge < -0.3 is 19.3 Å². The normalized spacial score (nSPS) is 12.8. The summed E-state index contributed by atoms with van der Waals surface area (Å²) in [5.74, 6) is -0.939. The van der Waals surface area contributed by atoms with Crippen molar-refractivity contribution in [3.8, 4) is 0 Å². The molecule has 0 rings (SSSR count). The van der Waals surface area contributed by atoms with Crippen molar-refractivity contribution in [1.82, 2.24) is 0 Å². The van der Waals surface area contributed by atoms with Crippen LogP contribution in [0.2, 0.25) is 0 Å². The quantitative estimate of drug-likeness (QED) is 0.0275. The van der Waals surface area contributed by atoms with Gasteiger partial charge in [0.1, 0.15) is 6.61 Å². The number of carbonyl (C=O) groups is 2. The number of allylic oxidation sites excluding steroid dienone is 6. The van der Waals surface area contributed by atoms with Crippen LogP contribution in [0.4, 0.5) is 0 Å². The lowest BCUT2D eigenvalue weighted by Crippen LogP contribution is -2.29. The summed E-state index contributed by atoms with van der Waals surface area (Å²) in [7, 11) is -4.76. The first-order chi connectivity index (χ1) is 25.3. The molecular formula is C43H79O8P. The van der Waals surface area contributed by atoms with Crippen molar-refractivity contribution in [2.24, 2.45) is 0 Å². The van der Waals surface area contributed by atoms with Gasteiger partial charge in [0.25, 0.3) is 0 Å². The van der Waals surface area contributed by atoms with E-state index in [0.29, 0.717) is 12.8 Å². The van der Waals surface area contributed by atoms with E-state index < -0.39 is 32.5 Å². The first kappa shape index (κ1) is 50.3. The van der Waals surface area contributed by atoms with Crippen LogP contribution in [0.15, 0.2) is 36.5 Å². The fraction of sp³-hybridized carbons (Fsp3) is 0.814. The number of hydrogen-bond donors (Lipinski definition) is 2. The summed E-state index contributed by atoms with van der Waals surface area (Å²) in [4.78, 5) is 42.8. The summed E-state index contributed by atoms with van der Waals surface area (Å²) < 4.78 is 26.3. The first-order valence-electron chi connectivity index (χ1n) is 21.3. The maximum absolute atomic E-state index is 12.4. The minimum Gasteiger partial charge on any atom is -0.462 e. The number of hydrogen-bond acceptors (Lipinski definition) is 6. The Morgan fingerprint density at radius 1 is 0.500 bits per heavy atom. The molecule has 304 valence electrons. The largest absolute Gasteiger partial charge is 0.469 e. The van der Waals surface area contributed by atoms with E-state index in [0.717, 1.165) is 38.5 Å². The molecule has 0 aromatic heterocycles. The minimum absolute atomic E-state index is 0.142. The standard InChI is InChI=1S/C43H79O8P/c1-3-5-7-9-11-13-15-17-19-21-23-25-27-29-31-33-35-37-42(44)49-39-41(40-50-52(46,47)48)51-43(45)38-36-34-32-30-28-26-24-22-20-18-16-14-12-10-8-6-4-2/h18,20,24,26,30,32,41H,3-17,19,21-23,25,27-29,31,33-40H2,1-2H3,(H2,46,47,48)/b20-18-,26-24-,32-30-/t41-/m1/s1. The molecule has 0 spiro atoms. The molecule has 0 saturated carbocycles. The van der Waals surface area contributed by atoms with E-state index in [1.165, 1.54) is 128 Å². The third kappa shape index (κ3) is 41.0. The van der Waals surface area contributed by atoms with E-state index in [4.69, 9.17) is 19.3 Å². The Labute approximate surface area is 319 Å². The number of rotatable bonds is 39. The topological polar surface area (TPSA) is 119 Å². The van der Waals surface area contributed by atoms with Crippen LogP contribution in [0.1, 0.15) is 206 Å². The Kier molecular flexibility index (Phi) is 37.7. The molecule has 9 heteroatoms. The number of esters is 2. The zero-order valence-corrected chi connectivity index (χ0v) is 34.4. The molecule has 0 bridgehead atoms. The lowest BCUT2D eigenvalue weighted by atomic mass is 10.0. The number of phosphoric ester groups is 1. The molecule has 1 atom stereocenters.